The smallest absolute Gasteiger partial charge is 0.175 e. The summed E-state index contributed by atoms with van der Waals surface area (Å²) in [6.45, 7) is -0.361. The van der Waals surface area contributed by atoms with Gasteiger partial charge in [-0.05, 0) is 36.4 Å². The van der Waals surface area contributed by atoms with E-state index >= 15 is 0 Å². The van der Waals surface area contributed by atoms with Crippen molar-refractivity contribution in [3.05, 3.63) is 65.7 Å². The van der Waals surface area contributed by atoms with Gasteiger partial charge in [-0.2, -0.15) is 0 Å². The Labute approximate surface area is 119 Å². The Morgan fingerprint density at radius 2 is 1.71 bits per heavy atom. The van der Waals surface area contributed by atoms with Crippen molar-refractivity contribution in [2.75, 3.05) is 0 Å². The van der Waals surface area contributed by atoms with Gasteiger partial charge in [0.2, 0.25) is 0 Å². The molecule has 0 fully saturated rings. The molecule has 0 atom stereocenters. The predicted octanol–water partition coefficient (Wildman–Crippen LogP) is 3.78. The van der Waals surface area contributed by atoms with Gasteiger partial charge in [-0.1, -0.05) is 17.3 Å². The van der Waals surface area contributed by atoms with Crippen molar-refractivity contribution in [2.45, 2.75) is 6.61 Å². The minimum Gasteiger partial charge on any atom is -0.391 e. The number of hydrogen-bond donors (Lipinski definition) is 1. The first-order chi connectivity index (χ1) is 10.2. The molecule has 1 aromatic heterocycles. The van der Waals surface area contributed by atoms with Crippen molar-refractivity contribution < 1.29 is 18.4 Å². The van der Waals surface area contributed by atoms with Crippen molar-refractivity contribution in [3.63, 3.8) is 0 Å². The van der Waals surface area contributed by atoms with E-state index in [4.69, 9.17) is 4.52 Å². The highest BCUT2D eigenvalue weighted by Gasteiger charge is 2.20. The molecular formula is C16H11F2NO2. The number of nitrogens with zero attached hydrogens (tertiary/aromatic N) is 1. The van der Waals surface area contributed by atoms with Gasteiger partial charge in [0.25, 0.3) is 0 Å². The first-order valence-corrected chi connectivity index (χ1v) is 6.31. The molecule has 106 valence electrons. The molecule has 3 nitrogen and oxygen atoms in total. The van der Waals surface area contributed by atoms with E-state index in [2.05, 4.69) is 5.16 Å². The topological polar surface area (TPSA) is 46.3 Å². The van der Waals surface area contributed by atoms with Crippen molar-refractivity contribution in [2.24, 2.45) is 0 Å². The SMILES string of the molecule is OCc1c(-c2ccc(F)cc2)noc1-c1ccccc1F. The Morgan fingerprint density at radius 3 is 2.38 bits per heavy atom. The predicted molar refractivity (Wildman–Crippen MR) is 73.2 cm³/mol. The maximum atomic E-state index is 13.8. The zero-order chi connectivity index (χ0) is 14.8. The van der Waals surface area contributed by atoms with Crippen LogP contribution in [0.3, 0.4) is 0 Å². The van der Waals surface area contributed by atoms with Gasteiger partial charge < -0.3 is 9.63 Å². The van der Waals surface area contributed by atoms with Crippen LogP contribution < -0.4 is 0 Å². The van der Waals surface area contributed by atoms with E-state index in [9.17, 15) is 13.9 Å². The van der Waals surface area contributed by atoms with E-state index in [0.717, 1.165) is 0 Å². The van der Waals surface area contributed by atoms with E-state index in [1.807, 2.05) is 0 Å². The van der Waals surface area contributed by atoms with Gasteiger partial charge in [-0.25, -0.2) is 8.78 Å². The summed E-state index contributed by atoms with van der Waals surface area (Å²) < 4.78 is 32.0. The molecule has 0 saturated carbocycles. The van der Waals surface area contributed by atoms with Crippen molar-refractivity contribution in [1.29, 1.82) is 0 Å². The van der Waals surface area contributed by atoms with Crippen LogP contribution in [0.15, 0.2) is 53.1 Å². The maximum Gasteiger partial charge on any atom is 0.175 e. The molecule has 2 aromatic carbocycles. The Hall–Kier alpha value is -2.53. The van der Waals surface area contributed by atoms with Gasteiger partial charge in [0, 0.05) is 5.56 Å². The Balaban J connectivity index is 2.13. The number of rotatable bonds is 3. The monoisotopic (exact) mass is 287 g/mol. The van der Waals surface area contributed by atoms with Crippen LogP contribution in [0.5, 0.6) is 0 Å². The summed E-state index contributed by atoms with van der Waals surface area (Å²) >= 11 is 0. The lowest BCUT2D eigenvalue weighted by Crippen LogP contribution is -1.91. The molecule has 3 aromatic rings. The van der Waals surface area contributed by atoms with Crippen LogP contribution in [0.25, 0.3) is 22.6 Å². The Kier molecular flexibility index (Phi) is 3.50. The number of aliphatic hydroxyl groups excluding tert-OH is 1. The zero-order valence-electron chi connectivity index (χ0n) is 10.9. The number of halogens is 2. The van der Waals surface area contributed by atoms with Crippen LogP contribution in [-0.2, 0) is 6.61 Å². The molecule has 0 bridgehead atoms. The van der Waals surface area contributed by atoms with Gasteiger partial charge in [0.1, 0.15) is 17.3 Å². The van der Waals surface area contributed by atoms with E-state index in [1.165, 1.54) is 30.3 Å². The number of benzene rings is 2. The average molecular weight is 287 g/mol. The van der Waals surface area contributed by atoms with Gasteiger partial charge in [-0.15, -0.1) is 0 Å². The van der Waals surface area contributed by atoms with Gasteiger partial charge in [0.15, 0.2) is 5.76 Å². The van der Waals surface area contributed by atoms with Gasteiger partial charge >= 0.3 is 0 Å². The molecule has 1 N–H and O–H groups in total. The summed E-state index contributed by atoms with van der Waals surface area (Å²) in [7, 11) is 0. The summed E-state index contributed by atoms with van der Waals surface area (Å²) in [5.41, 5.74) is 1.55. The number of aliphatic hydroxyl groups is 1. The molecule has 0 aliphatic heterocycles. The lowest BCUT2D eigenvalue weighted by Gasteiger charge is -2.02. The van der Waals surface area contributed by atoms with Crippen molar-refractivity contribution >= 4 is 0 Å². The summed E-state index contributed by atoms with van der Waals surface area (Å²) in [6, 6.07) is 11.7. The highest BCUT2D eigenvalue weighted by atomic mass is 19.1. The highest BCUT2D eigenvalue weighted by Crippen LogP contribution is 2.33. The summed E-state index contributed by atoms with van der Waals surface area (Å²) in [6.07, 6.45) is 0. The summed E-state index contributed by atoms with van der Waals surface area (Å²) in [5, 5.41) is 13.4. The molecule has 0 unspecified atom stereocenters. The van der Waals surface area contributed by atoms with E-state index in [0.29, 0.717) is 16.8 Å². The van der Waals surface area contributed by atoms with E-state index in [-0.39, 0.29) is 23.7 Å². The largest absolute Gasteiger partial charge is 0.391 e. The second-order valence-corrected chi connectivity index (χ2v) is 4.48. The number of aromatic nitrogens is 1. The second kappa shape index (κ2) is 5.46. The maximum absolute atomic E-state index is 13.8. The fourth-order valence-corrected chi connectivity index (χ4v) is 2.15. The third-order valence-electron chi connectivity index (χ3n) is 3.18. The molecule has 1 heterocycles. The molecule has 21 heavy (non-hydrogen) atoms. The van der Waals surface area contributed by atoms with E-state index < -0.39 is 5.82 Å². The first-order valence-electron chi connectivity index (χ1n) is 6.31. The Bertz CT molecular complexity index is 766. The van der Waals surface area contributed by atoms with E-state index in [1.54, 1.807) is 18.2 Å². The van der Waals surface area contributed by atoms with Crippen LogP contribution in [0.4, 0.5) is 8.78 Å². The quantitative estimate of drug-likeness (QED) is 0.797. The van der Waals surface area contributed by atoms with Crippen LogP contribution in [0, 0.1) is 11.6 Å². The third-order valence-corrected chi connectivity index (χ3v) is 3.18. The van der Waals surface area contributed by atoms with Crippen molar-refractivity contribution in [3.8, 4) is 22.6 Å². The average Bonchev–Trinajstić information content (AvgIpc) is 2.92. The molecule has 3 rings (SSSR count). The molecule has 0 radical (unpaired) electrons. The summed E-state index contributed by atoms with van der Waals surface area (Å²) in [4.78, 5) is 0. The minimum atomic E-state index is -0.464. The van der Waals surface area contributed by atoms with Crippen LogP contribution in [-0.4, -0.2) is 10.3 Å². The minimum absolute atomic E-state index is 0.176. The summed E-state index contributed by atoms with van der Waals surface area (Å²) in [5.74, 6) is -0.661. The highest BCUT2D eigenvalue weighted by molar-refractivity contribution is 5.72. The fraction of sp³-hybridized carbons (Fsp3) is 0.0625. The molecule has 0 amide bonds. The molecular weight excluding hydrogens is 276 g/mol. The third kappa shape index (κ3) is 2.43. The Morgan fingerprint density at radius 1 is 1.00 bits per heavy atom. The standard InChI is InChI=1S/C16H11F2NO2/c17-11-7-5-10(6-8-11)15-13(9-20)16(21-19-15)12-3-1-2-4-14(12)18/h1-8,20H,9H2. The number of hydrogen-bond acceptors (Lipinski definition) is 3. The molecule has 5 heteroatoms. The molecule has 0 aliphatic rings. The van der Waals surface area contributed by atoms with Crippen molar-refractivity contribution in [1.82, 2.24) is 5.16 Å². The first kappa shape index (κ1) is 13.5. The molecule has 0 spiro atoms. The zero-order valence-corrected chi connectivity index (χ0v) is 10.9. The second-order valence-electron chi connectivity index (χ2n) is 4.48. The normalized spacial score (nSPS) is 10.8. The van der Waals surface area contributed by atoms with Gasteiger partial charge in [-0.3, -0.25) is 0 Å². The fourth-order valence-electron chi connectivity index (χ4n) is 2.15. The lowest BCUT2D eigenvalue weighted by atomic mass is 10.0. The molecule has 0 saturated heterocycles. The molecule has 0 aliphatic carbocycles. The lowest BCUT2D eigenvalue weighted by molar-refractivity contribution is 0.281. The van der Waals surface area contributed by atoms with Gasteiger partial charge in [0.05, 0.1) is 17.7 Å². The van der Waals surface area contributed by atoms with Crippen LogP contribution in [0.2, 0.25) is 0 Å². The van der Waals surface area contributed by atoms with Crippen LogP contribution in [0.1, 0.15) is 5.56 Å². The van der Waals surface area contributed by atoms with Crippen LogP contribution >= 0.6 is 0 Å².